The minimum atomic E-state index is -3.81. The van der Waals surface area contributed by atoms with Gasteiger partial charge in [-0.3, -0.25) is 0 Å². The van der Waals surface area contributed by atoms with Gasteiger partial charge in [0.2, 0.25) is 20.0 Å². The maximum Gasteiger partial charge on any atom is 0.240 e. The first-order valence-electron chi connectivity index (χ1n) is 7.41. The average molecular weight is 346 g/mol. The third-order valence-corrected chi connectivity index (χ3v) is 6.42. The second-order valence-electron chi connectivity index (χ2n) is 5.71. The molecule has 1 saturated carbocycles. The molecule has 0 spiro atoms. The number of benzene rings is 1. The molecule has 124 valence electrons. The number of hydrogen-bond acceptors (Lipinski definition) is 4. The first-order chi connectivity index (χ1) is 10.3. The van der Waals surface area contributed by atoms with Crippen LogP contribution in [0.1, 0.15) is 38.5 Å². The third-order valence-electron chi connectivity index (χ3n) is 4.02. The summed E-state index contributed by atoms with van der Waals surface area (Å²) in [6.45, 7) is 0.399. The molecule has 0 atom stereocenters. The predicted molar refractivity (Wildman–Crippen MR) is 84.2 cm³/mol. The van der Waals surface area contributed by atoms with Gasteiger partial charge in [-0.15, -0.1) is 0 Å². The van der Waals surface area contributed by atoms with Crippen LogP contribution in [0.5, 0.6) is 0 Å². The molecule has 0 amide bonds. The smallest absolute Gasteiger partial charge is 0.225 e. The normalized spacial score (nSPS) is 17.0. The molecule has 8 heteroatoms. The van der Waals surface area contributed by atoms with Crippen molar-refractivity contribution in [2.24, 2.45) is 11.1 Å². The molecule has 1 aromatic carbocycles. The lowest BCUT2D eigenvalue weighted by Crippen LogP contribution is -2.25. The SMILES string of the molecule is NS(=O)(=O)c1ccc(S(=O)(=O)NCCCC2CCCC2)cc1. The monoisotopic (exact) mass is 346 g/mol. The van der Waals surface area contributed by atoms with Crippen molar-refractivity contribution in [1.82, 2.24) is 4.72 Å². The fraction of sp³-hybridized carbons (Fsp3) is 0.571. The summed E-state index contributed by atoms with van der Waals surface area (Å²) in [6, 6.07) is 4.89. The lowest BCUT2D eigenvalue weighted by atomic mass is 10.0. The Labute approximate surface area is 132 Å². The first-order valence-corrected chi connectivity index (χ1v) is 10.4. The van der Waals surface area contributed by atoms with Gasteiger partial charge in [-0.25, -0.2) is 26.7 Å². The van der Waals surface area contributed by atoms with Gasteiger partial charge in [0.1, 0.15) is 0 Å². The highest BCUT2D eigenvalue weighted by molar-refractivity contribution is 7.89. The van der Waals surface area contributed by atoms with Gasteiger partial charge in [0.05, 0.1) is 9.79 Å². The molecule has 3 N–H and O–H groups in total. The summed E-state index contributed by atoms with van der Waals surface area (Å²) in [5, 5.41) is 4.98. The molecule has 0 heterocycles. The van der Waals surface area contributed by atoms with Gasteiger partial charge in [0, 0.05) is 6.54 Å². The minimum absolute atomic E-state index is 0.0424. The quantitative estimate of drug-likeness (QED) is 0.731. The molecule has 0 aliphatic heterocycles. The summed E-state index contributed by atoms with van der Waals surface area (Å²) in [5.41, 5.74) is 0. The van der Waals surface area contributed by atoms with Crippen LogP contribution < -0.4 is 9.86 Å². The standard InChI is InChI=1S/C14H22N2O4S2/c15-21(17,18)13-7-9-14(10-8-13)22(19,20)16-11-3-6-12-4-1-2-5-12/h7-10,12,16H,1-6,11H2,(H2,15,17,18). The Morgan fingerprint density at radius 3 is 2.09 bits per heavy atom. The van der Waals surface area contributed by atoms with Crippen molar-refractivity contribution in [3.63, 3.8) is 0 Å². The fourth-order valence-electron chi connectivity index (χ4n) is 2.79. The minimum Gasteiger partial charge on any atom is -0.225 e. The summed E-state index contributed by atoms with van der Waals surface area (Å²) in [7, 11) is -7.41. The molecule has 1 aromatic rings. The van der Waals surface area contributed by atoms with Gasteiger partial charge < -0.3 is 0 Å². The third kappa shape index (κ3) is 4.77. The van der Waals surface area contributed by atoms with E-state index >= 15 is 0 Å². The Morgan fingerprint density at radius 1 is 1.00 bits per heavy atom. The maximum absolute atomic E-state index is 12.1. The van der Waals surface area contributed by atoms with E-state index < -0.39 is 20.0 Å². The van der Waals surface area contributed by atoms with Gasteiger partial charge in [-0.05, 0) is 43.0 Å². The average Bonchev–Trinajstić information content (AvgIpc) is 2.96. The van der Waals surface area contributed by atoms with E-state index in [2.05, 4.69) is 4.72 Å². The van der Waals surface area contributed by atoms with E-state index in [9.17, 15) is 16.8 Å². The summed E-state index contributed by atoms with van der Waals surface area (Å²) in [5.74, 6) is 0.735. The summed E-state index contributed by atoms with van der Waals surface area (Å²) < 4.78 is 49.0. The Kier molecular flexibility index (Phi) is 5.60. The van der Waals surface area contributed by atoms with Crippen LogP contribution in [0, 0.1) is 5.92 Å². The number of nitrogens with one attached hydrogen (secondary N) is 1. The zero-order chi connectivity index (χ0) is 16.2. The Morgan fingerprint density at radius 2 is 1.55 bits per heavy atom. The Hall–Kier alpha value is -0.960. The number of primary sulfonamides is 1. The Bertz CT molecular complexity index is 691. The van der Waals surface area contributed by atoms with Crippen LogP contribution in [-0.2, 0) is 20.0 Å². The summed E-state index contributed by atoms with van der Waals surface area (Å²) >= 11 is 0. The molecule has 6 nitrogen and oxygen atoms in total. The van der Waals surface area contributed by atoms with Crippen molar-refractivity contribution >= 4 is 20.0 Å². The molecule has 1 aliphatic carbocycles. The van der Waals surface area contributed by atoms with Crippen LogP contribution in [0.2, 0.25) is 0 Å². The van der Waals surface area contributed by atoms with Crippen molar-refractivity contribution in [2.75, 3.05) is 6.54 Å². The van der Waals surface area contributed by atoms with Crippen molar-refractivity contribution in [3.05, 3.63) is 24.3 Å². The number of nitrogens with two attached hydrogens (primary N) is 1. The van der Waals surface area contributed by atoms with Crippen LogP contribution in [0.25, 0.3) is 0 Å². The molecule has 0 unspecified atom stereocenters. The van der Waals surface area contributed by atoms with Crippen molar-refractivity contribution < 1.29 is 16.8 Å². The largest absolute Gasteiger partial charge is 0.240 e. The number of hydrogen-bond donors (Lipinski definition) is 2. The van der Waals surface area contributed by atoms with Gasteiger partial charge in [0.25, 0.3) is 0 Å². The molecule has 2 rings (SSSR count). The molecule has 0 saturated heterocycles. The molecule has 1 aliphatic rings. The molecular formula is C14H22N2O4S2. The van der Waals surface area contributed by atoms with Gasteiger partial charge in [-0.1, -0.05) is 25.7 Å². The molecule has 0 radical (unpaired) electrons. The second kappa shape index (κ2) is 7.08. The van der Waals surface area contributed by atoms with E-state index in [1.807, 2.05) is 0 Å². The van der Waals surface area contributed by atoms with Crippen molar-refractivity contribution in [2.45, 2.75) is 48.3 Å². The molecule has 22 heavy (non-hydrogen) atoms. The fourth-order valence-corrected chi connectivity index (χ4v) is 4.38. The van der Waals surface area contributed by atoms with Crippen molar-refractivity contribution in [3.8, 4) is 0 Å². The summed E-state index contributed by atoms with van der Waals surface area (Å²) in [4.78, 5) is -0.0616. The topological polar surface area (TPSA) is 106 Å². The van der Waals surface area contributed by atoms with Crippen LogP contribution in [0.3, 0.4) is 0 Å². The predicted octanol–water partition coefficient (Wildman–Crippen LogP) is 1.58. The first kappa shape index (κ1) is 17.4. The molecular weight excluding hydrogens is 324 g/mol. The van der Waals surface area contributed by atoms with Crippen LogP contribution in [0.4, 0.5) is 0 Å². The molecule has 0 aromatic heterocycles. The number of sulfonamides is 2. The van der Waals surface area contributed by atoms with Gasteiger partial charge >= 0.3 is 0 Å². The molecule has 1 fully saturated rings. The highest BCUT2D eigenvalue weighted by Gasteiger charge is 2.17. The zero-order valence-electron chi connectivity index (χ0n) is 12.4. The summed E-state index contributed by atoms with van der Waals surface area (Å²) in [6.07, 6.45) is 6.94. The van der Waals surface area contributed by atoms with Crippen LogP contribution in [0.15, 0.2) is 34.1 Å². The highest BCUT2D eigenvalue weighted by Crippen LogP contribution is 2.28. The van der Waals surface area contributed by atoms with Gasteiger partial charge in [-0.2, -0.15) is 0 Å². The van der Waals surface area contributed by atoms with E-state index in [1.165, 1.54) is 49.9 Å². The zero-order valence-corrected chi connectivity index (χ0v) is 14.0. The second-order valence-corrected chi connectivity index (χ2v) is 9.04. The Balaban J connectivity index is 1.89. The number of rotatable bonds is 7. The van der Waals surface area contributed by atoms with E-state index in [1.54, 1.807) is 0 Å². The van der Waals surface area contributed by atoms with E-state index in [4.69, 9.17) is 5.14 Å². The van der Waals surface area contributed by atoms with Crippen molar-refractivity contribution in [1.29, 1.82) is 0 Å². The lowest BCUT2D eigenvalue weighted by Gasteiger charge is -2.10. The van der Waals surface area contributed by atoms with E-state index in [0.29, 0.717) is 6.54 Å². The van der Waals surface area contributed by atoms with E-state index in [0.717, 1.165) is 18.8 Å². The lowest BCUT2D eigenvalue weighted by molar-refractivity contribution is 0.480. The molecule has 0 bridgehead atoms. The van der Waals surface area contributed by atoms with Crippen LogP contribution in [-0.4, -0.2) is 23.4 Å². The highest BCUT2D eigenvalue weighted by atomic mass is 32.2. The van der Waals surface area contributed by atoms with Gasteiger partial charge in [0.15, 0.2) is 0 Å². The maximum atomic E-state index is 12.1. The van der Waals surface area contributed by atoms with E-state index in [-0.39, 0.29) is 9.79 Å². The van der Waals surface area contributed by atoms with Crippen LogP contribution >= 0.6 is 0 Å².